The predicted molar refractivity (Wildman–Crippen MR) is 83.7 cm³/mol. The maximum Gasteiger partial charge on any atom is 0.154 e. The summed E-state index contributed by atoms with van der Waals surface area (Å²) < 4.78 is 1.89. The van der Waals surface area contributed by atoms with E-state index < -0.39 is 0 Å². The highest BCUT2D eigenvalue weighted by Gasteiger charge is 2.18. The topological polar surface area (TPSA) is 42.7 Å². The van der Waals surface area contributed by atoms with Crippen molar-refractivity contribution in [2.45, 2.75) is 33.7 Å². The molecule has 0 aliphatic heterocycles. The fourth-order valence-electron chi connectivity index (χ4n) is 2.47. The maximum absolute atomic E-state index is 6.17. The van der Waals surface area contributed by atoms with E-state index in [-0.39, 0.29) is 6.04 Å². The van der Waals surface area contributed by atoms with Crippen LogP contribution in [0.15, 0.2) is 6.07 Å². The summed E-state index contributed by atoms with van der Waals surface area (Å²) in [5, 5.41) is 8.64. The van der Waals surface area contributed by atoms with Crippen molar-refractivity contribution in [3.63, 3.8) is 0 Å². The molecular formula is C14H18Cl2N4. The molecule has 0 fully saturated rings. The molecule has 0 saturated heterocycles. The van der Waals surface area contributed by atoms with E-state index in [0.29, 0.717) is 10.3 Å². The molecule has 2 rings (SSSR count). The Morgan fingerprint density at radius 2 is 1.90 bits per heavy atom. The van der Waals surface area contributed by atoms with Crippen molar-refractivity contribution in [2.75, 3.05) is 5.32 Å². The second-order valence-corrected chi connectivity index (χ2v) is 5.75. The summed E-state index contributed by atoms with van der Waals surface area (Å²) in [5.41, 5.74) is 5.11. The minimum Gasteiger partial charge on any atom is -0.376 e. The van der Waals surface area contributed by atoms with Crippen molar-refractivity contribution in [1.29, 1.82) is 0 Å². The van der Waals surface area contributed by atoms with Gasteiger partial charge in [0.05, 0.1) is 17.4 Å². The quantitative estimate of drug-likeness (QED) is 0.863. The van der Waals surface area contributed by atoms with Crippen molar-refractivity contribution in [1.82, 2.24) is 14.8 Å². The van der Waals surface area contributed by atoms with Gasteiger partial charge in [-0.3, -0.25) is 4.68 Å². The molecule has 2 aromatic heterocycles. The van der Waals surface area contributed by atoms with Crippen LogP contribution in [0.1, 0.15) is 35.5 Å². The molecule has 1 unspecified atom stereocenters. The van der Waals surface area contributed by atoms with Crippen LogP contribution in [0, 0.1) is 20.8 Å². The Balaban J connectivity index is 2.35. The number of halogens is 2. The molecule has 4 nitrogen and oxygen atoms in total. The van der Waals surface area contributed by atoms with Gasteiger partial charge in [0.1, 0.15) is 5.15 Å². The van der Waals surface area contributed by atoms with Crippen LogP contribution < -0.4 is 5.32 Å². The van der Waals surface area contributed by atoms with Crippen LogP contribution in [0.2, 0.25) is 10.3 Å². The molecule has 0 saturated carbocycles. The molecule has 0 radical (unpaired) electrons. The van der Waals surface area contributed by atoms with Crippen LogP contribution in [-0.4, -0.2) is 14.8 Å². The van der Waals surface area contributed by atoms with Crippen LogP contribution in [0.25, 0.3) is 0 Å². The Morgan fingerprint density at radius 1 is 1.25 bits per heavy atom. The lowest BCUT2D eigenvalue weighted by Crippen LogP contribution is -2.11. The first-order valence-electron chi connectivity index (χ1n) is 6.40. The van der Waals surface area contributed by atoms with Crippen molar-refractivity contribution in [3.05, 3.63) is 38.9 Å². The fraction of sp³-hybridized carbons (Fsp3) is 0.429. The molecule has 108 valence electrons. The highest BCUT2D eigenvalue weighted by molar-refractivity contribution is 6.34. The third-order valence-electron chi connectivity index (χ3n) is 3.50. The zero-order valence-corrected chi connectivity index (χ0v) is 13.8. The van der Waals surface area contributed by atoms with Gasteiger partial charge in [0.15, 0.2) is 5.15 Å². The highest BCUT2D eigenvalue weighted by atomic mass is 35.5. The summed E-state index contributed by atoms with van der Waals surface area (Å²) in [6.07, 6.45) is 0. The van der Waals surface area contributed by atoms with Gasteiger partial charge in [-0.1, -0.05) is 23.2 Å². The molecule has 2 aromatic rings. The molecule has 0 aromatic carbocycles. The lowest BCUT2D eigenvalue weighted by Gasteiger charge is -2.18. The van der Waals surface area contributed by atoms with Gasteiger partial charge < -0.3 is 5.32 Å². The Hall–Kier alpha value is -1.26. The van der Waals surface area contributed by atoms with Gasteiger partial charge >= 0.3 is 0 Å². The number of nitrogens with one attached hydrogen (secondary N) is 1. The number of pyridine rings is 1. The number of aromatic nitrogens is 3. The van der Waals surface area contributed by atoms with E-state index in [4.69, 9.17) is 23.2 Å². The first-order valence-corrected chi connectivity index (χ1v) is 7.16. The molecule has 6 heteroatoms. The van der Waals surface area contributed by atoms with Crippen molar-refractivity contribution in [3.8, 4) is 0 Å². The third-order valence-corrected chi connectivity index (χ3v) is 3.97. The smallest absolute Gasteiger partial charge is 0.154 e. The molecule has 1 N–H and O–H groups in total. The Labute approximate surface area is 129 Å². The van der Waals surface area contributed by atoms with E-state index in [1.54, 1.807) is 6.07 Å². The van der Waals surface area contributed by atoms with Gasteiger partial charge in [-0.2, -0.15) is 5.10 Å². The number of rotatable bonds is 3. The molecule has 0 amide bonds. The SMILES string of the molecule is Cc1cc(Cl)nc(Cl)c1NC(C)c1c(C)nn(C)c1C. The average Bonchev–Trinajstić information content (AvgIpc) is 2.58. The molecule has 2 heterocycles. The monoisotopic (exact) mass is 312 g/mol. The molecule has 1 atom stereocenters. The van der Waals surface area contributed by atoms with Crippen LogP contribution in [0.5, 0.6) is 0 Å². The first-order chi connectivity index (χ1) is 9.31. The van der Waals surface area contributed by atoms with Gasteiger partial charge in [0, 0.05) is 18.3 Å². The van der Waals surface area contributed by atoms with E-state index in [1.807, 2.05) is 25.6 Å². The fourth-order valence-corrected chi connectivity index (χ4v) is 3.06. The highest BCUT2D eigenvalue weighted by Crippen LogP contribution is 2.31. The molecular weight excluding hydrogens is 295 g/mol. The summed E-state index contributed by atoms with van der Waals surface area (Å²) in [6.45, 7) is 8.11. The van der Waals surface area contributed by atoms with Gasteiger partial charge in [-0.05, 0) is 39.3 Å². The summed E-state index contributed by atoms with van der Waals surface area (Å²) in [4.78, 5) is 4.08. The molecule has 0 aliphatic rings. The van der Waals surface area contributed by atoms with E-state index in [0.717, 1.165) is 22.6 Å². The zero-order valence-electron chi connectivity index (χ0n) is 12.3. The normalized spacial score (nSPS) is 12.6. The second kappa shape index (κ2) is 5.62. The zero-order chi connectivity index (χ0) is 15.0. The summed E-state index contributed by atoms with van der Waals surface area (Å²) in [5.74, 6) is 0. The van der Waals surface area contributed by atoms with E-state index in [1.165, 1.54) is 5.56 Å². The average molecular weight is 313 g/mol. The Bertz CT molecular complexity index is 626. The van der Waals surface area contributed by atoms with Gasteiger partial charge in [0.25, 0.3) is 0 Å². The van der Waals surface area contributed by atoms with Crippen molar-refractivity contribution >= 4 is 28.9 Å². The summed E-state index contributed by atoms with van der Waals surface area (Å²) >= 11 is 12.1. The number of hydrogen-bond acceptors (Lipinski definition) is 3. The number of aryl methyl sites for hydroxylation is 3. The van der Waals surface area contributed by atoms with Crippen LogP contribution in [0.3, 0.4) is 0 Å². The van der Waals surface area contributed by atoms with Crippen LogP contribution in [0.4, 0.5) is 5.69 Å². The molecule has 0 spiro atoms. The Morgan fingerprint density at radius 3 is 2.40 bits per heavy atom. The maximum atomic E-state index is 6.17. The standard InChI is InChI=1S/C14H18Cl2N4/c1-7-6-11(15)18-14(16)13(7)17-8(2)12-9(3)19-20(5)10(12)4/h6,8,17H,1-5H3. The first kappa shape index (κ1) is 15.1. The largest absolute Gasteiger partial charge is 0.376 e. The number of anilines is 1. The van der Waals surface area contributed by atoms with E-state index >= 15 is 0 Å². The summed E-state index contributed by atoms with van der Waals surface area (Å²) in [7, 11) is 1.95. The lowest BCUT2D eigenvalue weighted by atomic mass is 10.1. The number of nitrogens with zero attached hydrogens (tertiary/aromatic N) is 3. The lowest BCUT2D eigenvalue weighted by molar-refractivity contribution is 0.728. The van der Waals surface area contributed by atoms with E-state index in [9.17, 15) is 0 Å². The van der Waals surface area contributed by atoms with Gasteiger partial charge in [0.2, 0.25) is 0 Å². The van der Waals surface area contributed by atoms with Crippen molar-refractivity contribution in [2.24, 2.45) is 7.05 Å². The molecule has 20 heavy (non-hydrogen) atoms. The second-order valence-electron chi connectivity index (χ2n) is 5.00. The van der Waals surface area contributed by atoms with E-state index in [2.05, 4.69) is 29.2 Å². The minimum atomic E-state index is 0.0860. The third kappa shape index (κ3) is 2.76. The minimum absolute atomic E-state index is 0.0860. The van der Waals surface area contributed by atoms with Crippen LogP contribution in [-0.2, 0) is 7.05 Å². The predicted octanol–water partition coefficient (Wildman–Crippen LogP) is 4.22. The number of hydrogen-bond donors (Lipinski definition) is 1. The Kier molecular flexibility index (Phi) is 4.25. The van der Waals surface area contributed by atoms with Gasteiger partial charge in [-0.25, -0.2) is 4.98 Å². The van der Waals surface area contributed by atoms with Gasteiger partial charge in [-0.15, -0.1) is 0 Å². The molecule has 0 aliphatic carbocycles. The van der Waals surface area contributed by atoms with Crippen LogP contribution >= 0.6 is 23.2 Å². The molecule has 0 bridgehead atoms. The summed E-state index contributed by atoms with van der Waals surface area (Å²) in [6, 6.07) is 1.88. The van der Waals surface area contributed by atoms with Crippen molar-refractivity contribution < 1.29 is 0 Å².